The van der Waals surface area contributed by atoms with Crippen LogP contribution in [0.15, 0.2) is 52.8 Å². The first kappa shape index (κ1) is 23.9. The monoisotopic (exact) mass is 426 g/mol. The van der Waals surface area contributed by atoms with Crippen molar-refractivity contribution >= 4 is 23.9 Å². The molecule has 0 aliphatic rings. The van der Waals surface area contributed by atoms with Crippen LogP contribution >= 0.6 is 0 Å². The predicted octanol–water partition coefficient (Wildman–Crippen LogP) is 4.11. The van der Waals surface area contributed by atoms with Gasteiger partial charge in [0.1, 0.15) is 11.5 Å². The average Bonchev–Trinajstić information content (AvgIpc) is 3.22. The Balaban J connectivity index is 2.02. The molecule has 1 heterocycles. The Bertz CT molecular complexity index is 906. The van der Waals surface area contributed by atoms with E-state index in [1.165, 1.54) is 12.3 Å². The molecule has 0 saturated heterocycles. The van der Waals surface area contributed by atoms with Crippen LogP contribution in [0.1, 0.15) is 68.1 Å². The van der Waals surface area contributed by atoms with E-state index in [1.807, 2.05) is 12.1 Å². The molecule has 0 saturated carbocycles. The lowest BCUT2D eigenvalue weighted by Gasteiger charge is -2.19. The van der Waals surface area contributed by atoms with Gasteiger partial charge >= 0.3 is 5.97 Å². The second-order valence-corrected chi connectivity index (χ2v) is 8.32. The van der Waals surface area contributed by atoms with Crippen LogP contribution in [0.5, 0.6) is 0 Å². The molecule has 0 aliphatic carbocycles. The Morgan fingerprint density at radius 2 is 1.74 bits per heavy atom. The van der Waals surface area contributed by atoms with Crippen molar-refractivity contribution in [2.75, 3.05) is 6.54 Å². The molecule has 0 fully saturated rings. The molecule has 0 unspecified atom stereocenters. The van der Waals surface area contributed by atoms with Gasteiger partial charge < -0.3 is 20.2 Å². The number of nitrogens with one attached hydrogen (secondary N) is 2. The summed E-state index contributed by atoms with van der Waals surface area (Å²) in [6, 6.07) is 10.7. The van der Waals surface area contributed by atoms with E-state index in [0.29, 0.717) is 37.1 Å². The minimum absolute atomic E-state index is 0.0241. The number of furan rings is 1. The molecule has 166 valence electrons. The van der Waals surface area contributed by atoms with Gasteiger partial charge in [-0.3, -0.25) is 14.4 Å². The van der Waals surface area contributed by atoms with E-state index < -0.39 is 17.8 Å². The van der Waals surface area contributed by atoms with Gasteiger partial charge in [0.2, 0.25) is 0 Å². The molecule has 0 aliphatic heterocycles. The zero-order valence-electron chi connectivity index (χ0n) is 18.2. The van der Waals surface area contributed by atoms with Crippen molar-refractivity contribution in [2.45, 2.75) is 51.9 Å². The molecular formula is C24H30N2O5. The van der Waals surface area contributed by atoms with Crippen molar-refractivity contribution in [3.05, 3.63) is 65.2 Å². The zero-order valence-corrected chi connectivity index (χ0v) is 18.2. The van der Waals surface area contributed by atoms with Gasteiger partial charge in [-0.1, -0.05) is 39.3 Å². The van der Waals surface area contributed by atoms with E-state index in [2.05, 4.69) is 31.4 Å². The number of hydrogen-bond acceptors (Lipinski definition) is 4. The Kier molecular flexibility index (Phi) is 8.61. The average molecular weight is 427 g/mol. The molecule has 3 N–H and O–H groups in total. The number of aliphatic carboxylic acids is 1. The highest BCUT2D eigenvalue weighted by Crippen LogP contribution is 2.22. The van der Waals surface area contributed by atoms with Gasteiger partial charge in [-0.2, -0.15) is 0 Å². The molecular weight excluding hydrogens is 396 g/mol. The molecule has 0 atom stereocenters. The zero-order chi connectivity index (χ0) is 22.9. The van der Waals surface area contributed by atoms with Gasteiger partial charge in [0, 0.05) is 24.6 Å². The van der Waals surface area contributed by atoms with Gasteiger partial charge in [0.25, 0.3) is 11.8 Å². The summed E-state index contributed by atoms with van der Waals surface area (Å²) in [6.07, 6.45) is 4.97. The minimum atomic E-state index is -0.828. The van der Waals surface area contributed by atoms with E-state index in [4.69, 9.17) is 9.52 Å². The highest BCUT2D eigenvalue weighted by atomic mass is 16.4. The fraction of sp³-hybridized carbons (Fsp3) is 0.375. The Labute approximate surface area is 182 Å². The van der Waals surface area contributed by atoms with Gasteiger partial charge in [0.05, 0.1) is 6.26 Å². The van der Waals surface area contributed by atoms with Crippen LogP contribution in [0.3, 0.4) is 0 Å². The first-order chi connectivity index (χ1) is 14.7. The molecule has 0 radical (unpaired) electrons. The third kappa shape index (κ3) is 8.12. The van der Waals surface area contributed by atoms with Crippen LogP contribution in [0.4, 0.5) is 0 Å². The number of amides is 2. The van der Waals surface area contributed by atoms with Crippen molar-refractivity contribution in [2.24, 2.45) is 0 Å². The summed E-state index contributed by atoms with van der Waals surface area (Å²) >= 11 is 0. The molecule has 31 heavy (non-hydrogen) atoms. The fourth-order valence-electron chi connectivity index (χ4n) is 2.87. The largest absolute Gasteiger partial charge is 0.481 e. The Hall–Kier alpha value is -3.35. The maximum Gasteiger partial charge on any atom is 0.303 e. The number of carbonyl (C=O) groups excluding carboxylic acids is 2. The lowest BCUT2D eigenvalue weighted by Crippen LogP contribution is -2.35. The number of rotatable bonds is 10. The van der Waals surface area contributed by atoms with Crippen molar-refractivity contribution in [1.82, 2.24) is 10.6 Å². The highest BCUT2D eigenvalue weighted by molar-refractivity contribution is 6.05. The minimum Gasteiger partial charge on any atom is -0.481 e. The Morgan fingerprint density at radius 3 is 2.32 bits per heavy atom. The van der Waals surface area contributed by atoms with E-state index in [0.717, 1.165) is 5.56 Å². The fourth-order valence-corrected chi connectivity index (χ4v) is 2.87. The van der Waals surface area contributed by atoms with Gasteiger partial charge in [-0.25, -0.2) is 0 Å². The lowest BCUT2D eigenvalue weighted by molar-refractivity contribution is -0.137. The summed E-state index contributed by atoms with van der Waals surface area (Å²) in [5.74, 6) is -1.22. The van der Waals surface area contributed by atoms with Crippen LogP contribution in [-0.4, -0.2) is 29.4 Å². The van der Waals surface area contributed by atoms with E-state index >= 15 is 0 Å². The van der Waals surface area contributed by atoms with Crippen LogP contribution in [0, 0.1) is 0 Å². The van der Waals surface area contributed by atoms with E-state index in [9.17, 15) is 14.4 Å². The number of carbonyl (C=O) groups is 3. The summed E-state index contributed by atoms with van der Waals surface area (Å²) < 4.78 is 5.27. The molecule has 1 aromatic heterocycles. The summed E-state index contributed by atoms with van der Waals surface area (Å²) in [6.45, 7) is 6.67. The lowest BCUT2D eigenvalue weighted by atomic mass is 9.87. The number of benzene rings is 1. The molecule has 0 bridgehead atoms. The van der Waals surface area contributed by atoms with Gasteiger partial charge in [-0.05, 0) is 48.1 Å². The maximum absolute atomic E-state index is 12.7. The standard InChI is InChI=1S/C24H30N2O5/c1-24(2,3)18-12-10-17(11-13-18)22(29)26-20(16-19-8-7-15-31-19)23(30)25-14-6-4-5-9-21(27)28/h7-8,10-13,15-16H,4-6,9,14H2,1-3H3,(H,25,30)(H,26,29)(H,27,28)/b20-16-. The molecule has 2 aromatic rings. The topological polar surface area (TPSA) is 109 Å². The van der Waals surface area contributed by atoms with Crippen LogP contribution in [-0.2, 0) is 15.0 Å². The number of carboxylic acid groups (broad SMARTS) is 1. The maximum atomic E-state index is 12.7. The molecule has 2 rings (SSSR count). The van der Waals surface area contributed by atoms with Gasteiger partial charge in [-0.15, -0.1) is 0 Å². The molecule has 7 nitrogen and oxygen atoms in total. The second-order valence-electron chi connectivity index (χ2n) is 8.32. The summed E-state index contributed by atoms with van der Waals surface area (Å²) in [4.78, 5) is 35.9. The summed E-state index contributed by atoms with van der Waals surface area (Å²) in [7, 11) is 0. The number of carboxylic acids is 1. The smallest absolute Gasteiger partial charge is 0.303 e. The summed E-state index contributed by atoms with van der Waals surface area (Å²) in [5, 5.41) is 14.1. The molecule has 2 amide bonds. The van der Waals surface area contributed by atoms with E-state index in [-0.39, 0.29) is 17.5 Å². The number of hydrogen-bond donors (Lipinski definition) is 3. The molecule has 7 heteroatoms. The number of unbranched alkanes of at least 4 members (excludes halogenated alkanes) is 2. The molecule has 0 spiro atoms. The Morgan fingerprint density at radius 1 is 1.03 bits per heavy atom. The summed E-state index contributed by atoms with van der Waals surface area (Å²) in [5.41, 5.74) is 1.60. The van der Waals surface area contributed by atoms with Crippen molar-refractivity contribution in [3.8, 4) is 0 Å². The van der Waals surface area contributed by atoms with Crippen molar-refractivity contribution < 1.29 is 23.9 Å². The third-order valence-electron chi connectivity index (χ3n) is 4.69. The van der Waals surface area contributed by atoms with Crippen LogP contribution in [0.2, 0.25) is 0 Å². The van der Waals surface area contributed by atoms with Crippen molar-refractivity contribution in [1.29, 1.82) is 0 Å². The normalized spacial score (nSPS) is 11.8. The SMILES string of the molecule is CC(C)(C)c1ccc(C(=O)N/C(=C\c2ccco2)C(=O)NCCCCCC(=O)O)cc1. The first-order valence-electron chi connectivity index (χ1n) is 10.3. The third-order valence-corrected chi connectivity index (χ3v) is 4.69. The first-order valence-corrected chi connectivity index (χ1v) is 10.3. The van der Waals surface area contributed by atoms with Crippen LogP contribution in [0.25, 0.3) is 6.08 Å². The molecule has 1 aromatic carbocycles. The van der Waals surface area contributed by atoms with E-state index in [1.54, 1.807) is 24.3 Å². The predicted molar refractivity (Wildman–Crippen MR) is 118 cm³/mol. The van der Waals surface area contributed by atoms with Gasteiger partial charge in [0.15, 0.2) is 0 Å². The van der Waals surface area contributed by atoms with Crippen LogP contribution < -0.4 is 10.6 Å². The second kappa shape index (κ2) is 11.2. The highest BCUT2D eigenvalue weighted by Gasteiger charge is 2.17. The quantitative estimate of drug-likeness (QED) is 0.391. The van der Waals surface area contributed by atoms with Crippen molar-refractivity contribution in [3.63, 3.8) is 0 Å².